The first-order valence-corrected chi connectivity index (χ1v) is 9.07. The molecule has 26 heavy (non-hydrogen) atoms. The van der Waals surface area contributed by atoms with E-state index in [1.807, 2.05) is 0 Å². The summed E-state index contributed by atoms with van der Waals surface area (Å²) in [6, 6.07) is 1.66. The monoisotopic (exact) mass is 419 g/mol. The Morgan fingerprint density at radius 3 is 2.92 bits per heavy atom. The van der Waals surface area contributed by atoms with Gasteiger partial charge in [0, 0.05) is 34.4 Å². The molecule has 0 spiro atoms. The van der Waals surface area contributed by atoms with Crippen molar-refractivity contribution in [3.05, 3.63) is 51.1 Å². The lowest BCUT2D eigenvalue weighted by atomic mass is 9.93. The van der Waals surface area contributed by atoms with Crippen LogP contribution in [0.1, 0.15) is 57.6 Å². The highest BCUT2D eigenvalue weighted by Gasteiger charge is 2.28. The normalized spacial score (nSPS) is 14.8. The molecule has 1 amide bonds. The van der Waals surface area contributed by atoms with Crippen molar-refractivity contribution < 1.29 is 18.7 Å². The van der Waals surface area contributed by atoms with Crippen molar-refractivity contribution in [2.24, 2.45) is 5.10 Å². The second kappa shape index (κ2) is 7.82. The first-order valence-electron chi connectivity index (χ1n) is 8.28. The predicted molar refractivity (Wildman–Crippen MR) is 98.3 cm³/mol. The van der Waals surface area contributed by atoms with Crippen LogP contribution in [0.2, 0.25) is 0 Å². The number of halogens is 1. The topological polar surface area (TPSA) is 93.8 Å². The summed E-state index contributed by atoms with van der Waals surface area (Å²) >= 11 is 3.28. The lowest BCUT2D eigenvalue weighted by Gasteiger charge is -2.13. The molecule has 0 atom stereocenters. The van der Waals surface area contributed by atoms with E-state index in [0.29, 0.717) is 33.5 Å². The van der Waals surface area contributed by atoms with Gasteiger partial charge in [-0.2, -0.15) is 5.10 Å². The van der Waals surface area contributed by atoms with Crippen molar-refractivity contribution in [1.82, 2.24) is 10.4 Å². The molecular formula is C18H18BrN3O4. The number of carbonyl (C=O) groups is 2. The molecule has 2 aromatic rings. The molecule has 7 nitrogen and oxygen atoms in total. The Kier molecular flexibility index (Phi) is 5.51. The van der Waals surface area contributed by atoms with Crippen molar-refractivity contribution in [3.63, 3.8) is 0 Å². The fraction of sp³-hybridized carbons (Fsp3) is 0.333. The zero-order valence-electron chi connectivity index (χ0n) is 14.5. The van der Waals surface area contributed by atoms with Crippen molar-refractivity contribution in [2.75, 3.05) is 6.61 Å². The summed E-state index contributed by atoms with van der Waals surface area (Å²) in [6.07, 6.45) is 5.30. The van der Waals surface area contributed by atoms with Crippen LogP contribution < -0.4 is 5.43 Å². The first-order chi connectivity index (χ1) is 12.5. The SMILES string of the molecule is CCOC(=O)c1oc2c(c1C)/C(=N/NC(=O)c1cncc(Br)c1)CCC2. The highest BCUT2D eigenvalue weighted by atomic mass is 79.9. The van der Waals surface area contributed by atoms with Crippen LogP contribution >= 0.6 is 15.9 Å². The zero-order valence-corrected chi connectivity index (χ0v) is 16.1. The standard InChI is InChI=1S/C18H18BrN3O4/c1-3-25-18(24)16-10(2)15-13(5-4-6-14(15)26-16)21-22-17(23)11-7-12(19)9-20-8-11/h7-9H,3-6H2,1-2H3,(H,22,23)/b21-13+. The maximum absolute atomic E-state index is 12.3. The van der Waals surface area contributed by atoms with Crippen LogP contribution in [0.15, 0.2) is 32.5 Å². The number of hydrogen-bond donors (Lipinski definition) is 1. The number of carbonyl (C=O) groups excluding carboxylic acids is 2. The number of rotatable bonds is 4. The van der Waals surface area contributed by atoms with Gasteiger partial charge < -0.3 is 9.15 Å². The summed E-state index contributed by atoms with van der Waals surface area (Å²) in [5.41, 5.74) is 5.13. The average molecular weight is 420 g/mol. The van der Waals surface area contributed by atoms with Gasteiger partial charge in [-0.1, -0.05) is 0 Å². The number of aromatic nitrogens is 1. The van der Waals surface area contributed by atoms with Crippen molar-refractivity contribution in [2.45, 2.75) is 33.1 Å². The molecule has 2 heterocycles. The summed E-state index contributed by atoms with van der Waals surface area (Å²) in [4.78, 5) is 28.3. The van der Waals surface area contributed by atoms with Gasteiger partial charge in [0.2, 0.25) is 5.76 Å². The van der Waals surface area contributed by atoms with Crippen molar-refractivity contribution in [3.8, 4) is 0 Å². The number of nitrogens with zero attached hydrogens (tertiary/aromatic N) is 2. The number of pyridine rings is 1. The van der Waals surface area contributed by atoms with E-state index in [1.165, 1.54) is 6.20 Å². The van der Waals surface area contributed by atoms with Crippen molar-refractivity contribution >= 4 is 33.5 Å². The number of amides is 1. The van der Waals surface area contributed by atoms with Gasteiger partial charge in [0.05, 0.1) is 17.9 Å². The molecule has 0 saturated carbocycles. The van der Waals surface area contributed by atoms with E-state index in [0.717, 1.165) is 18.4 Å². The van der Waals surface area contributed by atoms with E-state index in [-0.39, 0.29) is 18.3 Å². The maximum atomic E-state index is 12.3. The Bertz CT molecular complexity index is 889. The summed E-state index contributed by atoms with van der Waals surface area (Å²) in [6.45, 7) is 3.83. The first kappa shape index (κ1) is 18.3. The molecule has 8 heteroatoms. The Balaban J connectivity index is 1.86. The van der Waals surface area contributed by atoms with E-state index in [4.69, 9.17) is 9.15 Å². The van der Waals surface area contributed by atoms with Gasteiger partial charge >= 0.3 is 5.97 Å². The Morgan fingerprint density at radius 2 is 2.19 bits per heavy atom. The van der Waals surface area contributed by atoms with Crippen LogP contribution in [0.3, 0.4) is 0 Å². The van der Waals surface area contributed by atoms with Gasteiger partial charge in [-0.25, -0.2) is 10.2 Å². The molecule has 0 aromatic carbocycles. The molecule has 0 saturated heterocycles. The fourth-order valence-corrected chi connectivity index (χ4v) is 3.26. The van der Waals surface area contributed by atoms with Crippen molar-refractivity contribution in [1.29, 1.82) is 0 Å². The lowest BCUT2D eigenvalue weighted by molar-refractivity contribution is 0.0486. The second-order valence-corrected chi connectivity index (χ2v) is 6.74. The Hall–Kier alpha value is -2.48. The molecule has 3 rings (SSSR count). The number of nitrogens with one attached hydrogen (secondary N) is 1. The zero-order chi connectivity index (χ0) is 18.7. The molecule has 1 aliphatic carbocycles. The van der Waals surface area contributed by atoms with Gasteiger partial charge in [-0.3, -0.25) is 9.78 Å². The number of hydrogen-bond acceptors (Lipinski definition) is 6. The summed E-state index contributed by atoms with van der Waals surface area (Å²) in [5.74, 6) is 0.0658. The van der Waals surface area contributed by atoms with Gasteiger partial charge in [0.1, 0.15) is 5.76 Å². The second-order valence-electron chi connectivity index (χ2n) is 5.82. The summed E-state index contributed by atoms with van der Waals surface area (Å²) in [5, 5.41) is 4.27. The molecule has 0 fully saturated rings. The molecule has 0 radical (unpaired) electrons. The summed E-state index contributed by atoms with van der Waals surface area (Å²) in [7, 11) is 0. The number of fused-ring (bicyclic) bond motifs is 1. The van der Waals surface area contributed by atoms with Crippen LogP contribution in [-0.2, 0) is 11.2 Å². The van der Waals surface area contributed by atoms with E-state index >= 15 is 0 Å². The number of hydrazone groups is 1. The molecule has 2 aromatic heterocycles. The fourth-order valence-electron chi connectivity index (χ4n) is 2.89. The molecule has 1 N–H and O–H groups in total. The minimum absolute atomic E-state index is 0.203. The third-order valence-electron chi connectivity index (χ3n) is 4.05. The minimum Gasteiger partial charge on any atom is -0.460 e. The Morgan fingerprint density at radius 1 is 1.38 bits per heavy atom. The molecular weight excluding hydrogens is 402 g/mol. The van der Waals surface area contributed by atoms with Gasteiger partial charge in [-0.05, 0) is 48.7 Å². The molecule has 136 valence electrons. The van der Waals surface area contributed by atoms with E-state index in [1.54, 1.807) is 26.1 Å². The highest BCUT2D eigenvalue weighted by molar-refractivity contribution is 9.10. The smallest absolute Gasteiger partial charge is 0.374 e. The quantitative estimate of drug-likeness (QED) is 0.605. The number of ether oxygens (including phenoxy) is 1. The molecule has 0 aliphatic heterocycles. The van der Waals surface area contributed by atoms with E-state index in [2.05, 4.69) is 31.4 Å². The minimum atomic E-state index is -0.483. The molecule has 0 unspecified atom stereocenters. The largest absolute Gasteiger partial charge is 0.460 e. The van der Waals surface area contributed by atoms with E-state index < -0.39 is 5.97 Å². The predicted octanol–water partition coefficient (Wildman–Crippen LogP) is 3.39. The maximum Gasteiger partial charge on any atom is 0.374 e. The highest BCUT2D eigenvalue weighted by Crippen LogP contribution is 2.30. The van der Waals surface area contributed by atoms with E-state index in [9.17, 15) is 9.59 Å². The number of aryl methyl sites for hydroxylation is 1. The van der Waals surface area contributed by atoms with Gasteiger partial charge in [0.25, 0.3) is 5.91 Å². The lowest BCUT2D eigenvalue weighted by Crippen LogP contribution is -2.22. The van der Waals surface area contributed by atoms with Crippen LogP contribution in [0.4, 0.5) is 0 Å². The van der Waals surface area contributed by atoms with Crippen LogP contribution in [0, 0.1) is 6.92 Å². The van der Waals surface area contributed by atoms with Crippen LogP contribution in [0.5, 0.6) is 0 Å². The summed E-state index contributed by atoms with van der Waals surface area (Å²) < 4.78 is 11.5. The number of esters is 1. The third kappa shape index (κ3) is 3.70. The molecule has 0 bridgehead atoms. The van der Waals surface area contributed by atoms with Crippen LogP contribution in [0.25, 0.3) is 0 Å². The Labute approximate surface area is 159 Å². The average Bonchev–Trinajstić information content (AvgIpc) is 2.97. The third-order valence-corrected chi connectivity index (χ3v) is 4.48. The van der Waals surface area contributed by atoms with Gasteiger partial charge in [-0.15, -0.1) is 0 Å². The van der Waals surface area contributed by atoms with Gasteiger partial charge in [0.15, 0.2) is 0 Å². The molecule has 1 aliphatic rings. The van der Waals surface area contributed by atoms with Crippen LogP contribution in [-0.4, -0.2) is 29.2 Å². The number of furan rings is 1.